The number of hydrogen-bond acceptors (Lipinski definition) is 3. The number of carbonyl (C=O) groups is 2. The van der Waals surface area contributed by atoms with Gasteiger partial charge in [-0.25, -0.2) is 0 Å². The largest absolute Gasteiger partial charge is 0.338 e. The van der Waals surface area contributed by atoms with Crippen LogP contribution >= 0.6 is 11.6 Å². The van der Waals surface area contributed by atoms with Gasteiger partial charge in [-0.05, 0) is 33.6 Å². The Kier molecular flexibility index (Phi) is 5.15. The smallest absolute Gasteiger partial charge is 0.273 e. The number of amides is 2. The summed E-state index contributed by atoms with van der Waals surface area (Å²) in [5.74, 6) is 0.159. The fourth-order valence-electron chi connectivity index (χ4n) is 3.97. The second kappa shape index (κ2) is 7.06. The van der Waals surface area contributed by atoms with E-state index in [2.05, 4.69) is 11.2 Å². The molecule has 1 spiro atoms. The van der Waals surface area contributed by atoms with Crippen molar-refractivity contribution in [3.63, 3.8) is 0 Å². The van der Waals surface area contributed by atoms with E-state index >= 15 is 0 Å². The maximum absolute atomic E-state index is 12.9. The summed E-state index contributed by atoms with van der Waals surface area (Å²) in [4.78, 5) is 29.0. The van der Waals surface area contributed by atoms with Crippen LogP contribution in [0.15, 0.2) is 11.6 Å². The van der Waals surface area contributed by atoms with Crippen molar-refractivity contribution in [1.29, 1.82) is 0 Å². The Morgan fingerprint density at radius 3 is 2.50 bits per heavy atom. The number of aryl methyl sites for hydroxylation is 2. The lowest BCUT2D eigenvalue weighted by molar-refractivity contribution is -0.127. The molecule has 2 saturated heterocycles. The maximum atomic E-state index is 12.9. The Morgan fingerprint density at radius 1 is 1.31 bits per heavy atom. The van der Waals surface area contributed by atoms with E-state index in [1.807, 2.05) is 23.6 Å². The summed E-state index contributed by atoms with van der Waals surface area (Å²) >= 11 is 6.26. The summed E-state index contributed by atoms with van der Waals surface area (Å²) in [6.45, 7) is 8.69. The van der Waals surface area contributed by atoms with Crippen molar-refractivity contribution in [3.05, 3.63) is 28.1 Å². The molecule has 2 amide bonds. The van der Waals surface area contributed by atoms with Gasteiger partial charge in [-0.15, -0.1) is 0 Å². The molecular weight excluding hydrogens is 352 g/mol. The maximum Gasteiger partial charge on any atom is 0.273 e. The molecule has 0 saturated carbocycles. The Hall–Kier alpha value is -1.82. The molecule has 0 radical (unpaired) electrons. The zero-order valence-electron chi connectivity index (χ0n) is 16.0. The number of likely N-dealkylation sites (tertiary alicyclic amines) is 2. The Balaban J connectivity index is 1.65. The van der Waals surface area contributed by atoms with E-state index in [9.17, 15) is 9.59 Å². The molecule has 142 valence electrons. The first-order valence-electron chi connectivity index (χ1n) is 9.12. The van der Waals surface area contributed by atoms with Crippen molar-refractivity contribution < 1.29 is 9.59 Å². The van der Waals surface area contributed by atoms with E-state index in [4.69, 9.17) is 11.6 Å². The first-order valence-corrected chi connectivity index (χ1v) is 9.50. The van der Waals surface area contributed by atoms with Crippen LogP contribution in [0, 0.1) is 12.3 Å². The normalized spacial score (nSPS) is 19.3. The third kappa shape index (κ3) is 3.52. The Bertz CT molecular complexity index is 756. The Morgan fingerprint density at radius 2 is 1.96 bits per heavy atom. The fraction of sp³-hybridized carbons (Fsp3) is 0.632. The molecule has 2 aliphatic heterocycles. The fourth-order valence-corrected chi connectivity index (χ4v) is 4.22. The number of aromatic nitrogens is 2. The molecule has 0 atom stereocenters. The minimum atomic E-state index is -0.0707. The van der Waals surface area contributed by atoms with Crippen LogP contribution in [0.2, 0.25) is 5.02 Å². The van der Waals surface area contributed by atoms with E-state index in [0.717, 1.165) is 19.4 Å². The monoisotopic (exact) mass is 378 g/mol. The van der Waals surface area contributed by atoms with Crippen LogP contribution in [0.1, 0.15) is 49.3 Å². The zero-order valence-corrected chi connectivity index (χ0v) is 16.8. The second-order valence-corrected chi connectivity index (χ2v) is 8.27. The van der Waals surface area contributed by atoms with E-state index in [0.29, 0.717) is 42.5 Å². The van der Waals surface area contributed by atoms with Crippen LogP contribution in [-0.2, 0) is 11.8 Å². The molecule has 0 unspecified atom stereocenters. The van der Waals surface area contributed by atoms with Gasteiger partial charge in [0, 0.05) is 45.1 Å². The highest BCUT2D eigenvalue weighted by Gasteiger charge is 2.45. The van der Waals surface area contributed by atoms with Gasteiger partial charge in [0.25, 0.3) is 5.91 Å². The quantitative estimate of drug-likeness (QED) is 0.760. The predicted octanol–water partition coefficient (Wildman–Crippen LogP) is 2.80. The molecule has 7 heteroatoms. The van der Waals surface area contributed by atoms with Gasteiger partial charge in [0.15, 0.2) is 0 Å². The highest BCUT2D eigenvalue weighted by atomic mass is 35.5. The number of halogens is 1. The van der Waals surface area contributed by atoms with Gasteiger partial charge < -0.3 is 9.80 Å². The van der Waals surface area contributed by atoms with E-state index in [-0.39, 0.29) is 17.2 Å². The molecule has 1 aromatic heterocycles. The summed E-state index contributed by atoms with van der Waals surface area (Å²) in [5.41, 5.74) is 2.35. The van der Waals surface area contributed by atoms with Crippen molar-refractivity contribution in [2.45, 2.75) is 40.0 Å². The van der Waals surface area contributed by atoms with Gasteiger partial charge in [0.05, 0.1) is 10.7 Å². The van der Waals surface area contributed by atoms with Crippen LogP contribution in [-0.4, -0.2) is 57.6 Å². The highest BCUT2D eigenvalue weighted by molar-refractivity contribution is 6.34. The van der Waals surface area contributed by atoms with Gasteiger partial charge in [0.2, 0.25) is 5.91 Å². The minimum Gasteiger partial charge on any atom is -0.338 e. The van der Waals surface area contributed by atoms with Crippen LogP contribution in [0.5, 0.6) is 0 Å². The van der Waals surface area contributed by atoms with Gasteiger partial charge in [-0.2, -0.15) is 5.10 Å². The van der Waals surface area contributed by atoms with Crippen LogP contribution in [0.25, 0.3) is 0 Å². The number of hydrogen-bond donors (Lipinski definition) is 0. The van der Waals surface area contributed by atoms with Gasteiger partial charge in [-0.3, -0.25) is 14.3 Å². The minimum absolute atomic E-state index is 0.00944. The summed E-state index contributed by atoms with van der Waals surface area (Å²) in [6.07, 6.45) is 4.40. The number of rotatable bonds is 3. The number of carbonyl (C=O) groups excluding carboxylic acids is 2. The summed E-state index contributed by atoms with van der Waals surface area (Å²) in [6, 6.07) is 0. The molecule has 26 heavy (non-hydrogen) atoms. The highest BCUT2D eigenvalue weighted by Crippen LogP contribution is 2.41. The standard InChI is InChI=1S/C19H27ClN4O2/c1-13(2)5-8-24-12-19(11-15(24)25)6-9-23(10-7-19)18(26)17-16(20)14(3)21-22(17)4/h5H,6-12H2,1-4H3. The first kappa shape index (κ1) is 19.0. The van der Waals surface area contributed by atoms with E-state index < -0.39 is 0 Å². The van der Waals surface area contributed by atoms with Crippen LogP contribution < -0.4 is 0 Å². The van der Waals surface area contributed by atoms with Crippen molar-refractivity contribution in [2.75, 3.05) is 26.2 Å². The SMILES string of the molecule is CC(C)=CCN1CC2(CCN(C(=O)c3c(Cl)c(C)nn3C)CC2)CC1=O. The van der Waals surface area contributed by atoms with Crippen molar-refractivity contribution in [3.8, 4) is 0 Å². The Labute approximate surface area is 159 Å². The van der Waals surface area contributed by atoms with Crippen LogP contribution in [0.4, 0.5) is 0 Å². The lowest BCUT2D eigenvalue weighted by Crippen LogP contribution is -2.44. The van der Waals surface area contributed by atoms with E-state index in [1.165, 1.54) is 5.57 Å². The van der Waals surface area contributed by atoms with Crippen molar-refractivity contribution in [1.82, 2.24) is 19.6 Å². The topological polar surface area (TPSA) is 58.4 Å². The molecule has 0 aromatic carbocycles. The molecule has 0 aliphatic carbocycles. The van der Waals surface area contributed by atoms with E-state index in [1.54, 1.807) is 18.7 Å². The molecule has 0 bridgehead atoms. The van der Waals surface area contributed by atoms with Gasteiger partial charge in [0.1, 0.15) is 5.69 Å². The van der Waals surface area contributed by atoms with Crippen LogP contribution in [0.3, 0.4) is 0 Å². The number of piperidine rings is 1. The molecular formula is C19H27ClN4O2. The summed E-state index contributed by atoms with van der Waals surface area (Å²) in [5, 5.41) is 4.66. The average Bonchev–Trinajstić information content (AvgIpc) is 3.01. The molecule has 0 N–H and O–H groups in total. The molecule has 1 aromatic rings. The number of allylic oxidation sites excluding steroid dienone is 1. The summed E-state index contributed by atoms with van der Waals surface area (Å²) < 4.78 is 1.56. The average molecular weight is 379 g/mol. The summed E-state index contributed by atoms with van der Waals surface area (Å²) in [7, 11) is 1.74. The molecule has 2 aliphatic rings. The lowest BCUT2D eigenvalue weighted by atomic mass is 9.77. The van der Waals surface area contributed by atoms with Gasteiger partial charge in [-0.1, -0.05) is 23.3 Å². The van der Waals surface area contributed by atoms with Gasteiger partial charge >= 0.3 is 0 Å². The molecule has 2 fully saturated rings. The van der Waals surface area contributed by atoms with Crippen molar-refractivity contribution in [2.24, 2.45) is 12.5 Å². The zero-order chi connectivity index (χ0) is 19.1. The first-order chi connectivity index (χ1) is 12.2. The third-order valence-electron chi connectivity index (χ3n) is 5.59. The van der Waals surface area contributed by atoms with Crippen molar-refractivity contribution >= 4 is 23.4 Å². The molecule has 3 rings (SSSR count). The predicted molar refractivity (Wildman–Crippen MR) is 101 cm³/mol. The molecule has 6 nitrogen and oxygen atoms in total. The number of nitrogens with zero attached hydrogens (tertiary/aromatic N) is 4. The third-order valence-corrected chi connectivity index (χ3v) is 6.04. The lowest BCUT2D eigenvalue weighted by Gasteiger charge is -2.38. The second-order valence-electron chi connectivity index (χ2n) is 7.90. The molecule has 3 heterocycles.